The van der Waals surface area contributed by atoms with E-state index < -0.39 is 4.92 Å². The molecule has 1 aromatic rings. The van der Waals surface area contributed by atoms with Gasteiger partial charge >= 0.3 is 0 Å². The summed E-state index contributed by atoms with van der Waals surface area (Å²) in [5, 5.41) is 14.3. The van der Waals surface area contributed by atoms with E-state index in [2.05, 4.69) is 5.32 Å². The zero-order valence-electron chi connectivity index (χ0n) is 12.1. The number of nitrogens with zero attached hydrogens (tertiary/aromatic N) is 3. The van der Waals surface area contributed by atoms with Crippen molar-refractivity contribution in [3.8, 4) is 0 Å². The van der Waals surface area contributed by atoms with Crippen molar-refractivity contribution >= 4 is 11.6 Å². The van der Waals surface area contributed by atoms with Gasteiger partial charge in [0.05, 0.1) is 11.1 Å². The molecule has 0 saturated carbocycles. The summed E-state index contributed by atoms with van der Waals surface area (Å²) in [6, 6.07) is 1.41. The highest BCUT2D eigenvalue weighted by atomic mass is 16.6. The molecule has 2 saturated heterocycles. The summed E-state index contributed by atoms with van der Waals surface area (Å²) in [5.74, 6) is 0.975. The minimum Gasteiger partial charge on any atom is -0.337 e. The van der Waals surface area contributed by atoms with E-state index in [0.29, 0.717) is 24.1 Å². The molecule has 114 valence electrons. The normalized spacial score (nSPS) is 24.3. The van der Waals surface area contributed by atoms with Crippen LogP contribution < -0.4 is 5.32 Å². The van der Waals surface area contributed by atoms with Crippen LogP contribution in [0.25, 0.3) is 0 Å². The quantitative estimate of drug-likeness (QED) is 0.665. The first-order chi connectivity index (χ1) is 10.1. The van der Waals surface area contributed by atoms with Crippen LogP contribution in [0.2, 0.25) is 0 Å². The number of aryl methyl sites for hydroxylation is 1. The summed E-state index contributed by atoms with van der Waals surface area (Å²) in [6.07, 6.45) is 2.30. The molecule has 7 nitrogen and oxygen atoms in total. The fraction of sp³-hybridized carbons (Fsp3) is 0.643. The van der Waals surface area contributed by atoms with Gasteiger partial charge in [-0.3, -0.25) is 14.9 Å². The van der Waals surface area contributed by atoms with E-state index in [0.717, 1.165) is 32.6 Å². The molecule has 0 bridgehead atoms. The molecule has 2 unspecified atom stereocenters. The molecule has 0 aliphatic carbocycles. The van der Waals surface area contributed by atoms with Gasteiger partial charge in [-0.05, 0) is 18.3 Å². The smallest absolute Gasteiger partial charge is 0.287 e. The summed E-state index contributed by atoms with van der Waals surface area (Å²) in [6.45, 7) is 6.04. The van der Waals surface area contributed by atoms with Crippen molar-refractivity contribution in [2.24, 2.45) is 11.8 Å². The lowest BCUT2D eigenvalue weighted by Crippen LogP contribution is -2.33. The van der Waals surface area contributed by atoms with Crippen molar-refractivity contribution in [3.05, 3.63) is 28.1 Å². The molecule has 0 spiro atoms. The van der Waals surface area contributed by atoms with Gasteiger partial charge in [-0.1, -0.05) is 6.92 Å². The third-order valence-electron chi connectivity index (χ3n) is 4.45. The summed E-state index contributed by atoms with van der Waals surface area (Å²) in [4.78, 5) is 25.0. The molecule has 21 heavy (non-hydrogen) atoms. The van der Waals surface area contributed by atoms with Crippen molar-refractivity contribution in [1.82, 2.24) is 14.8 Å². The molecule has 3 heterocycles. The van der Waals surface area contributed by atoms with Crippen LogP contribution in [0.1, 0.15) is 23.8 Å². The monoisotopic (exact) mass is 292 g/mol. The van der Waals surface area contributed by atoms with Gasteiger partial charge in [0.25, 0.3) is 11.6 Å². The molecular formula is C14H20N4O3. The molecule has 2 aliphatic heterocycles. The topological polar surface area (TPSA) is 80.4 Å². The van der Waals surface area contributed by atoms with Gasteiger partial charge in [0.1, 0.15) is 5.69 Å². The fourth-order valence-electron chi connectivity index (χ4n) is 3.38. The van der Waals surface area contributed by atoms with E-state index in [-0.39, 0.29) is 11.6 Å². The highest BCUT2D eigenvalue weighted by Gasteiger charge is 2.39. The minimum atomic E-state index is -0.439. The first kappa shape index (κ1) is 14.1. The summed E-state index contributed by atoms with van der Waals surface area (Å²) in [7, 11) is 0. The number of aromatic nitrogens is 1. The van der Waals surface area contributed by atoms with Crippen LogP contribution in [-0.4, -0.2) is 46.5 Å². The Labute approximate surface area is 123 Å². The molecule has 0 aromatic carbocycles. The fourth-order valence-corrected chi connectivity index (χ4v) is 3.38. The van der Waals surface area contributed by atoms with E-state index in [1.54, 1.807) is 4.57 Å². The Hall–Kier alpha value is -1.89. The van der Waals surface area contributed by atoms with Crippen molar-refractivity contribution in [2.75, 3.05) is 26.2 Å². The Morgan fingerprint density at radius 3 is 2.67 bits per heavy atom. The minimum absolute atomic E-state index is 0.00661. The van der Waals surface area contributed by atoms with Crippen LogP contribution in [0.15, 0.2) is 12.3 Å². The van der Waals surface area contributed by atoms with E-state index in [4.69, 9.17) is 0 Å². The number of amides is 1. The van der Waals surface area contributed by atoms with Crippen LogP contribution in [0.5, 0.6) is 0 Å². The van der Waals surface area contributed by atoms with E-state index in [1.165, 1.54) is 12.3 Å². The zero-order valence-corrected chi connectivity index (χ0v) is 12.1. The molecule has 1 N–H and O–H groups in total. The average Bonchev–Trinajstić information content (AvgIpc) is 3.11. The van der Waals surface area contributed by atoms with Crippen molar-refractivity contribution in [3.63, 3.8) is 0 Å². The molecule has 2 atom stereocenters. The largest absolute Gasteiger partial charge is 0.337 e. The van der Waals surface area contributed by atoms with Gasteiger partial charge in [-0.2, -0.15) is 0 Å². The van der Waals surface area contributed by atoms with Crippen LogP contribution in [0, 0.1) is 22.0 Å². The van der Waals surface area contributed by atoms with Gasteiger partial charge in [0.2, 0.25) is 0 Å². The van der Waals surface area contributed by atoms with Crippen LogP contribution in [0.4, 0.5) is 5.69 Å². The third kappa shape index (κ3) is 2.53. The zero-order chi connectivity index (χ0) is 15.0. The summed E-state index contributed by atoms with van der Waals surface area (Å²) in [5.41, 5.74) is 0.435. The number of fused-ring (bicyclic) bond motifs is 1. The van der Waals surface area contributed by atoms with E-state index in [9.17, 15) is 14.9 Å². The predicted molar refractivity (Wildman–Crippen MR) is 77.1 cm³/mol. The molecular weight excluding hydrogens is 272 g/mol. The van der Waals surface area contributed by atoms with Crippen molar-refractivity contribution < 1.29 is 9.72 Å². The third-order valence-corrected chi connectivity index (χ3v) is 4.45. The van der Waals surface area contributed by atoms with Gasteiger partial charge in [-0.25, -0.2) is 0 Å². The van der Waals surface area contributed by atoms with Crippen molar-refractivity contribution in [1.29, 1.82) is 0 Å². The maximum atomic E-state index is 12.7. The lowest BCUT2D eigenvalue weighted by atomic mass is 10.0. The summed E-state index contributed by atoms with van der Waals surface area (Å²) >= 11 is 0. The molecule has 2 fully saturated rings. The van der Waals surface area contributed by atoms with Crippen LogP contribution in [0.3, 0.4) is 0 Å². The van der Waals surface area contributed by atoms with Gasteiger partial charge in [-0.15, -0.1) is 0 Å². The molecule has 2 aliphatic rings. The molecule has 1 aromatic heterocycles. The number of carbonyl (C=O) groups excluding carboxylic acids is 1. The number of nitro groups is 1. The lowest BCUT2D eigenvalue weighted by molar-refractivity contribution is -0.384. The standard InChI is InChI=1S/C14H20N4O3/c1-2-3-16-9-12(18(20)21)4-13(16)14(19)17-7-10-5-15-6-11(10)8-17/h4,9-11,15H,2-3,5-8H2,1H3. The Kier molecular flexibility index (Phi) is 3.67. The molecule has 0 radical (unpaired) electrons. The summed E-state index contributed by atoms with van der Waals surface area (Å²) < 4.78 is 1.72. The molecule has 3 rings (SSSR count). The van der Waals surface area contributed by atoms with Crippen molar-refractivity contribution in [2.45, 2.75) is 19.9 Å². The van der Waals surface area contributed by atoms with E-state index in [1.807, 2.05) is 11.8 Å². The van der Waals surface area contributed by atoms with Gasteiger partial charge in [0, 0.05) is 38.8 Å². The maximum Gasteiger partial charge on any atom is 0.287 e. The number of rotatable bonds is 4. The van der Waals surface area contributed by atoms with Gasteiger partial charge in [0.15, 0.2) is 0 Å². The second-order valence-electron chi connectivity index (χ2n) is 5.92. The number of hydrogen-bond acceptors (Lipinski definition) is 4. The first-order valence-corrected chi connectivity index (χ1v) is 7.44. The number of likely N-dealkylation sites (tertiary alicyclic amines) is 1. The highest BCUT2D eigenvalue weighted by Crippen LogP contribution is 2.28. The van der Waals surface area contributed by atoms with Crippen LogP contribution in [-0.2, 0) is 6.54 Å². The SMILES string of the molecule is CCCn1cc([N+](=O)[O-])cc1C(=O)N1CC2CNCC2C1. The second-order valence-corrected chi connectivity index (χ2v) is 5.92. The Balaban J connectivity index is 1.82. The highest BCUT2D eigenvalue weighted by molar-refractivity contribution is 5.93. The second kappa shape index (κ2) is 5.48. The number of hydrogen-bond donors (Lipinski definition) is 1. The lowest BCUT2D eigenvalue weighted by Gasteiger charge is -2.18. The Bertz CT molecular complexity index is 557. The number of nitrogens with one attached hydrogen (secondary N) is 1. The predicted octanol–water partition coefficient (Wildman–Crippen LogP) is 1.10. The molecule has 1 amide bonds. The Morgan fingerprint density at radius 1 is 1.43 bits per heavy atom. The van der Waals surface area contributed by atoms with Gasteiger partial charge < -0.3 is 14.8 Å². The first-order valence-electron chi connectivity index (χ1n) is 7.44. The Morgan fingerprint density at radius 2 is 2.10 bits per heavy atom. The van der Waals surface area contributed by atoms with Crippen LogP contribution >= 0.6 is 0 Å². The maximum absolute atomic E-state index is 12.7. The average molecular weight is 292 g/mol. The molecule has 7 heteroatoms. The van der Waals surface area contributed by atoms with E-state index >= 15 is 0 Å². The number of carbonyl (C=O) groups is 1.